The van der Waals surface area contributed by atoms with E-state index in [1.54, 1.807) is 0 Å². The lowest BCUT2D eigenvalue weighted by Gasteiger charge is -2.08. The zero-order chi connectivity index (χ0) is 21.1. The molecule has 0 aliphatic heterocycles. The van der Waals surface area contributed by atoms with Crippen molar-refractivity contribution in [3.63, 3.8) is 0 Å². The van der Waals surface area contributed by atoms with Gasteiger partial charge in [0.25, 0.3) is 0 Å². The average Bonchev–Trinajstić information content (AvgIpc) is 2.74. The first-order chi connectivity index (χ1) is 14.4. The molecule has 0 bridgehead atoms. The van der Waals surface area contributed by atoms with E-state index in [-0.39, 0.29) is 0 Å². The average molecular weight is 440 g/mol. The van der Waals surface area contributed by atoms with Crippen LogP contribution in [0.2, 0.25) is 0 Å². The van der Waals surface area contributed by atoms with Crippen molar-refractivity contribution in [1.82, 2.24) is 5.32 Å². The van der Waals surface area contributed by atoms with Crippen molar-refractivity contribution >= 4 is 11.8 Å². The number of rotatable bonds is 26. The van der Waals surface area contributed by atoms with Gasteiger partial charge in [-0.05, 0) is 37.3 Å². The van der Waals surface area contributed by atoms with Crippen LogP contribution in [0.15, 0.2) is 0 Å². The van der Waals surface area contributed by atoms with Crippen molar-refractivity contribution in [2.24, 2.45) is 0 Å². The van der Waals surface area contributed by atoms with Crippen LogP contribution in [0.25, 0.3) is 0 Å². The smallest absolute Gasteiger partial charge is 0.0701 e. The molecule has 0 saturated carbocycles. The molecule has 0 heterocycles. The number of hydrogen-bond acceptors (Lipinski definition) is 8. The first-order valence-electron chi connectivity index (χ1n) is 11.2. The lowest BCUT2D eigenvalue weighted by Crippen LogP contribution is -2.22. The van der Waals surface area contributed by atoms with Crippen molar-refractivity contribution < 1.29 is 28.4 Å². The van der Waals surface area contributed by atoms with E-state index in [9.17, 15) is 0 Å². The molecule has 7 nitrogen and oxygen atoms in total. The predicted octanol–water partition coefficient (Wildman–Crippen LogP) is 2.62. The highest BCUT2D eigenvalue weighted by Gasteiger charge is 1.94. The minimum absolute atomic E-state index is 0.572. The maximum absolute atomic E-state index is 5.52. The Bertz CT molecular complexity index is 264. The Kier molecular flexibility index (Phi) is 28.1. The van der Waals surface area contributed by atoms with Gasteiger partial charge < -0.3 is 33.7 Å². The number of thioether (sulfide) groups is 1. The zero-order valence-corrected chi connectivity index (χ0v) is 19.6. The van der Waals surface area contributed by atoms with E-state index in [1.165, 1.54) is 24.3 Å². The van der Waals surface area contributed by atoms with Crippen molar-refractivity contribution in [3.05, 3.63) is 0 Å². The van der Waals surface area contributed by atoms with Crippen LogP contribution < -0.4 is 5.32 Å². The van der Waals surface area contributed by atoms with Gasteiger partial charge in [-0.1, -0.05) is 13.8 Å². The van der Waals surface area contributed by atoms with Gasteiger partial charge in [0.1, 0.15) is 0 Å². The Morgan fingerprint density at radius 3 is 1.38 bits per heavy atom. The summed E-state index contributed by atoms with van der Waals surface area (Å²) in [4.78, 5) is 0. The summed E-state index contributed by atoms with van der Waals surface area (Å²) in [5.74, 6) is 2.51. The molecule has 0 aliphatic rings. The Labute approximate surface area is 182 Å². The van der Waals surface area contributed by atoms with E-state index in [0.717, 1.165) is 32.7 Å². The maximum Gasteiger partial charge on any atom is 0.0701 e. The standard InChI is InChI=1S/C21H45NO6S/c1-3-8-23-10-12-25-14-16-27-18-19-28-17-15-26-13-11-24-9-7-22-6-5-21-29-20-4-2/h22H,3-21H2,1-2H3. The topological polar surface area (TPSA) is 67.4 Å². The van der Waals surface area contributed by atoms with E-state index < -0.39 is 0 Å². The van der Waals surface area contributed by atoms with Gasteiger partial charge in [0.05, 0.1) is 72.7 Å². The summed E-state index contributed by atoms with van der Waals surface area (Å²) in [6, 6.07) is 0. The monoisotopic (exact) mass is 439 g/mol. The highest BCUT2D eigenvalue weighted by atomic mass is 32.2. The quantitative estimate of drug-likeness (QED) is 0.206. The minimum atomic E-state index is 0.572. The summed E-state index contributed by atoms with van der Waals surface area (Å²) in [6.07, 6.45) is 3.53. The van der Waals surface area contributed by atoms with Crippen LogP contribution in [0, 0.1) is 0 Å². The molecule has 176 valence electrons. The number of ether oxygens (including phenoxy) is 6. The molecule has 8 heteroatoms. The summed E-state index contributed by atoms with van der Waals surface area (Å²) < 4.78 is 32.6. The van der Waals surface area contributed by atoms with E-state index in [1.807, 2.05) is 11.8 Å². The molecule has 0 saturated heterocycles. The highest BCUT2D eigenvalue weighted by Crippen LogP contribution is 2.02. The van der Waals surface area contributed by atoms with Crippen LogP contribution in [0.4, 0.5) is 0 Å². The fourth-order valence-electron chi connectivity index (χ4n) is 2.16. The van der Waals surface area contributed by atoms with Gasteiger partial charge in [-0.25, -0.2) is 0 Å². The molecule has 0 atom stereocenters. The summed E-state index contributed by atoms with van der Waals surface area (Å²) in [5.41, 5.74) is 0. The molecule has 0 fully saturated rings. The van der Waals surface area contributed by atoms with Crippen molar-refractivity contribution in [1.29, 1.82) is 0 Å². The van der Waals surface area contributed by atoms with Crippen molar-refractivity contribution in [2.45, 2.75) is 33.1 Å². The summed E-state index contributed by atoms with van der Waals surface area (Å²) in [7, 11) is 0. The van der Waals surface area contributed by atoms with Crippen LogP contribution in [-0.4, -0.2) is 104 Å². The molecule has 0 amide bonds. The third kappa shape index (κ3) is 28.1. The predicted molar refractivity (Wildman–Crippen MR) is 120 cm³/mol. The second kappa shape index (κ2) is 28.1. The Morgan fingerprint density at radius 2 is 0.931 bits per heavy atom. The maximum atomic E-state index is 5.52. The molecule has 0 spiro atoms. The zero-order valence-electron chi connectivity index (χ0n) is 18.8. The van der Waals surface area contributed by atoms with Gasteiger partial charge in [-0.2, -0.15) is 11.8 Å². The van der Waals surface area contributed by atoms with Gasteiger partial charge in [0.15, 0.2) is 0 Å². The fraction of sp³-hybridized carbons (Fsp3) is 1.00. The summed E-state index contributed by atoms with van der Waals surface area (Å²) >= 11 is 2.03. The van der Waals surface area contributed by atoms with Crippen LogP contribution in [0.5, 0.6) is 0 Å². The highest BCUT2D eigenvalue weighted by molar-refractivity contribution is 7.99. The normalized spacial score (nSPS) is 11.4. The second-order valence-electron chi connectivity index (χ2n) is 6.39. The van der Waals surface area contributed by atoms with Crippen molar-refractivity contribution in [2.75, 3.05) is 104 Å². The van der Waals surface area contributed by atoms with E-state index >= 15 is 0 Å². The largest absolute Gasteiger partial charge is 0.379 e. The van der Waals surface area contributed by atoms with Gasteiger partial charge >= 0.3 is 0 Å². The van der Waals surface area contributed by atoms with Gasteiger partial charge in [0, 0.05) is 13.2 Å². The van der Waals surface area contributed by atoms with Gasteiger partial charge in [-0.15, -0.1) is 0 Å². The Hall–Kier alpha value is 0.0700. The van der Waals surface area contributed by atoms with Crippen LogP contribution in [0.1, 0.15) is 33.1 Å². The molecule has 1 N–H and O–H groups in total. The SMILES string of the molecule is CCCOCCOCCOCCOCCOCCOCCNCCCSCCC. The first kappa shape index (κ1) is 29.1. The van der Waals surface area contributed by atoms with Gasteiger partial charge in [-0.3, -0.25) is 0 Å². The molecule has 0 aromatic rings. The minimum Gasteiger partial charge on any atom is -0.379 e. The number of hydrogen-bond donors (Lipinski definition) is 1. The lowest BCUT2D eigenvalue weighted by molar-refractivity contribution is -0.0165. The molecule has 0 aromatic carbocycles. The number of nitrogens with one attached hydrogen (secondary N) is 1. The van der Waals surface area contributed by atoms with E-state index in [2.05, 4.69) is 19.2 Å². The molecule has 0 aromatic heterocycles. The molecular formula is C21H45NO6S. The summed E-state index contributed by atoms with van der Waals surface area (Å²) in [5, 5.41) is 3.39. The second-order valence-corrected chi connectivity index (χ2v) is 7.61. The van der Waals surface area contributed by atoms with Crippen molar-refractivity contribution in [3.8, 4) is 0 Å². The molecule has 0 radical (unpaired) electrons. The van der Waals surface area contributed by atoms with Crippen LogP contribution in [0.3, 0.4) is 0 Å². The molecule has 0 aliphatic carbocycles. The van der Waals surface area contributed by atoms with E-state index in [0.29, 0.717) is 66.1 Å². The molecule has 29 heavy (non-hydrogen) atoms. The third-order valence-electron chi connectivity index (χ3n) is 3.62. The molecule has 0 rings (SSSR count). The first-order valence-corrected chi connectivity index (χ1v) is 12.3. The summed E-state index contributed by atoms with van der Waals surface area (Å²) in [6.45, 7) is 13.8. The van der Waals surface area contributed by atoms with Crippen LogP contribution in [-0.2, 0) is 28.4 Å². The Morgan fingerprint density at radius 1 is 0.483 bits per heavy atom. The van der Waals surface area contributed by atoms with E-state index in [4.69, 9.17) is 28.4 Å². The Balaban J connectivity index is 2.97. The fourth-order valence-corrected chi connectivity index (χ4v) is 3.00. The molecule has 0 unspecified atom stereocenters. The van der Waals surface area contributed by atoms with Crippen LogP contribution >= 0.6 is 11.8 Å². The third-order valence-corrected chi connectivity index (χ3v) is 4.90. The molecular weight excluding hydrogens is 394 g/mol. The van der Waals surface area contributed by atoms with Gasteiger partial charge in [0.2, 0.25) is 0 Å². The lowest BCUT2D eigenvalue weighted by atomic mass is 10.5.